The molecule has 0 saturated heterocycles. The van der Waals surface area contributed by atoms with Gasteiger partial charge in [-0.3, -0.25) is 4.98 Å². The number of pyridine rings is 2. The van der Waals surface area contributed by atoms with Gasteiger partial charge in [-0.2, -0.15) is 0 Å². The van der Waals surface area contributed by atoms with E-state index in [9.17, 15) is 0 Å². The molecule has 0 spiro atoms. The predicted molar refractivity (Wildman–Crippen MR) is 215 cm³/mol. The Morgan fingerprint density at radius 2 is 1.60 bits per heavy atom. The third-order valence-electron chi connectivity index (χ3n) is 9.28. The van der Waals surface area contributed by atoms with Crippen molar-refractivity contribution in [1.29, 1.82) is 0 Å². The van der Waals surface area contributed by atoms with Crippen molar-refractivity contribution in [3.05, 3.63) is 133 Å². The van der Waals surface area contributed by atoms with Crippen LogP contribution in [0.3, 0.4) is 0 Å². The van der Waals surface area contributed by atoms with Gasteiger partial charge in [0, 0.05) is 43.8 Å². The van der Waals surface area contributed by atoms with Crippen molar-refractivity contribution in [2.75, 3.05) is 0 Å². The van der Waals surface area contributed by atoms with E-state index in [1.165, 1.54) is 10.8 Å². The molecule has 0 atom stereocenters. The van der Waals surface area contributed by atoms with Gasteiger partial charge in [0.05, 0.1) is 36.2 Å². The molecule has 0 fully saturated rings. The minimum absolute atomic E-state index is 0. The first-order chi connectivity index (χ1) is 24.6. The van der Waals surface area contributed by atoms with Crippen molar-refractivity contribution in [3.63, 3.8) is 0 Å². The van der Waals surface area contributed by atoms with Crippen molar-refractivity contribution in [2.24, 2.45) is 5.92 Å². The summed E-state index contributed by atoms with van der Waals surface area (Å²) in [4.78, 5) is 14.4. The standard InChI is InChI=1S/C27H20N3O.C18H24NSi.Ir/c1-3-30-23-12-8-7-11-22(23)28-26(30)20-14-13-17(2)24-19-15-16-21(18-9-5-4-6-10-18)29-27(19)31-25(20)24;1-14(2)11-16-12-17(15-9-7-6-8-10-15)19-13-18(16)20(3,4)5;/h4-13,15-16H,3H2,1-2H3;6-9,12-14H,11H2,1-5H3;/q2*-1;. The van der Waals surface area contributed by atoms with E-state index in [4.69, 9.17) is 14.4 Å². The van der Waals surface area contributed by atoms with Gasteiger partial charge in [-0.25, -0.2) is 4.98 Å². The molecule has 0 aliphatic rings. The molecule has 5 nitrogen and oxygen atoms in total. The van der Waals surface area contributed by atoms with E-state index in [2.05, 4.69) is 118 Å². The second-order valence-electron chi connectivity index (χ2n) is 14.6. The van der Waals surface area contributed by atoms with Gasteiger partial charge in [0.2, 0.25) is 5.71 Å². The van der Waals surface area contributed by atoms with Crippen LogP contribution < -0.4 is 5.19 Å². The number of para-hydroxylation sites is 2. The maximum atomic E-state index is 6.38. The molecule has 4 aromatic heterocycles. The Hall–Kier alpha value is -4.68. The number of furan rings is 1. The Labute approximate surface area is 321 Å². The molecule has 8 aromatic rings. The van der Waals surface area contributed by atoms with Crippen LogP contribution in [0.25, 0.3) is 67.0 Å². The number of fused-ring (bicyclic) bond motifs is 4. The van der Waals surface area contributed by atoms with Crippen LogP contribution >= 0.6 is 0 Å². The zero-order valence-electron chi connectivity index (χ0n) is 30.9. The molecule has 0 aliphatic carbocycles. The molecule has 0 N–H and O–H groups in total. The smallest absolute Gasteiger partial charge is 0.216 e. The van der Waals surface area contributed by atoms with Gasteiger partial charge in [0.25, 0.3) is 0 Å². The van der Waals surface area contributed by atoms with Gasteiger partial charge in [-0.05, 0) is 54.4 Å². The van der Waals surface area contributed by atoms with E-state index in [-0.39, 0.29) is 20.1 Å². The van der Waals surface area contributed by atoms with Crippen LogP contribution in [-0.4, -0.2) is 27.6 Å². The summed E-state index contributed by atoms with van der Waals surface area (Å²) < 4.78 is 8.60. The fourth-order valence-corrected chi connectivity index (χ4v) is 8.46. The number of aryl methyl sites for hydroxylation is 2. The summed E-state index contributed by atoms with van der Waals surface area (Å²) in [6, 6.07) is 41.6. The summed E-state index contributed by atoms with van der Waals surface area (Å²) in [5.74, 6) is 1.54. The number of nitrogens with zero attached hydrogens (tertiary/aromatic N) is 4. The van der Waals surface area contributed by atoms with Crippen LogP contribution in [0.5, 0.6) is 0 Å². The Kier molecular flexibility index (Phi) is 11.1. The summed E-state index contributed by atoms with van der Waals surface area (Å²) in [7, 11) is -1.34. The molecule has 52 heavy (non-hydrogen) atoms. The number of imidazole rings is 1. The summed E-state index contributed by atoms with van der Waals surface area (Å²) in [6.07, 6.45) is 3.24. The normalized spacial score (nSPS) is 11.5. The van der Waals surface area contributed by atoms with Crippen LogP contribution in [0.2, 0.25) is 19.6 Å². The number of hydrogen-bond donors (Lipinski definition) is 0. The predicted octanol–water partition coefficient (Wildman–Crippen LogP) is 11.1. The second-order valence-corrected chi connectivity index (χ2v) is 19.6. The van der Waals surface area contributed by atoms with Crippen LogP contribution in [0.4, 0.5) is 0 Å². The van der Waals surface area contributed by atoms with Crippen molar-refractivity contribution in [1.82, 2.24) is 19.5 Å². The van der Waals surface area contributed by atoms with Crippen LogP contribution in [0, 0.1) is 25.0 Å². The molecule has 8 rings (SSSR count). The zero-order valence-corrected chi connectivity index (χ0v) is 34.3. The average molecular weight is 877 g/mol. The van der Waals surface area contributed by atoms with Gasteiger partial charge >= 0.3 is 0 Å². The largest absolute Gasteiger partial charge is 0.486 e. The number of rotatable bonds is 7. The molecule has 0 unspecified atom stereocenters. The fourth-order valence-electron chi connectivity index (χ4n) is 6.87. The van der Waals surface area contributed by atoms with E-state index in [0.717, 1.165) is 79.8 Å². The number of hydrogen-bond acceptors (Lipinski definition) is 4. The molecule has 4 aromatic carbocycles. The minimum atomic E-state index is -1.34. The second kappa shape index (κ2) is 15.5. The molecular formula is C45H44IrN4OSi-2. The van der Waals surface area contributed by atoms with Crippen molar-refractivity contribution < 1.29 is 24.5 Å². The molecule has 265 valence electrons. The topological polar surface area (TPSA) is 56.7 Å². The van der Waals surface area contributed by atoms with Crippen LogP contribution in [-0.2, 0) is 33.1 Å². The molecule has 0 saturated carbocycles. The molecule has 7 heteroatoms. The maximum absolute atomic E-state index is 6.38. The van der Waals surface area contributed by atoms with Crippen molar-refractivity contribution in [3.8, 4) is 33.9 Å². The first-order valence-electron chi connectivity index (χ1n) is 17.8. The van der Waals surface area contributed by atoms with Gasteiger partial charge in [-0.1, -0.05) is 105 Å². The average Bonchev–Trinajstić information content (AvgIpc) is 3.71. The molecule has 0 amide bonds. The van der Waals surface area contributed by atoms with Gasteiger partial charge < -0.3 is 14.0 Å². The molecule has 4 heterocycles. The molecular weight excluding hydrogens is 833 g/mol. The van der Waals surface area contributed by atoms with E-state index >= 15 is 0 Å². The summed E-state index contributed by atoms with van der Waals surface area (Å²) >= 11 is 0. The van der Waals surface area contributed by atoms with Gasteiger partial charge in [0.15, 0.2) is 0 Å². The first-order valence-corrected chi connectivity index (χ1v) is 21.3. The Morgan fingerprint density at radius 3 is 2.31 bits per heavy atom. The Balaban J connectivity index is 0.000000193. The van der Waals surface area contributed by atoms with Gasteiger partial charge in [-0.15, -0.1) is 53.6 Å². The quantitative estimate of drug-likeness (QED) is 0.118. The van der Waals surface area contributed by atoms with Gasteiger partial charge in [0.1, 0.15) is 0 Å². The molecule has 0 bridgehead atoms. The number of aromatic nitrogens is 4. The summed E-state index contributed by atoms with van der Waals surface area (Å²) in [5.41, 5.74) is 11.1. The SMILES string of the molecule is CC(C)Cc1cc(-c2[c-]cccc2)ncc1[Si](C)(C)C.CCn1c(-c2[c-]cc(C)c3c2oc2nc(-c4ccccc4)ccc23)nc2ccccc21.[Ir]. The van der Waals surface area contributed by atoms with Crippen molar-refractivity contribution >= 4 is 46.4 Å². The first kappa shape index (κ1) is 37.1. The van der Waals surface area contributed by atoms with E-state index in [1.807, 2.05) is 60.7 Å². The molecule has 0 aliphatic heterocycles. The van der Waals surface area contributed by atoms with E-state index < -0.39 is 8.07 Å². The van der Waals surface area contributed by atoms with E-state index in [1.54, 1.807) is 0 Å². The summed E-state index contributed by atoms with van der Waals surface area (Å²) in [5, 5.41) is 3.58. The Morgan fingerprint density at radius 1 is 0.846 bits per heavy atom. The van der Waals surface area contributed by atoms with E-state index in [0.29, 0.717) is 11.6 Å². The third kappa shape index (κ3) is 7.45. The van der Waals surface area contributed by atoms with Crippen LogP contribution in [0.15, 0.2) is 114 Å². The Bertz CT molecular complexity index is 2460. The summed E-state index contributed by atoms with van der Waals surface area (Å²) in [6.45, 7) is 16.8. The third-order valence-corrected chi connectivity index (χ3v) is 11.4. The minimum Gasteiger partial charge on any atom is -0.486 e. The fraction of sp³-hybridized carbons (Fsp3) is 0.222. The zero-order chi connectivity index (χ0) is 35.7. The monoisotopic (exact) mass is 877 g/mol. The van der Waals surface area contributed by atoms with Crippen LogP contribution in [0.1, 0.15) is 31.9 Å². The maximum Gasteiger partial charge on any atom is 0.216 e. The van der Waals surface area contributed by atoms with Crippen molar-refractivity contribution in [2.45, 2.75) is 60.3 Å². The number of benzene rings is 4. The molecule has 1 radical (unpaired) electrons.